The minimum Gasteiger partial charge on any atom is -0.483 e. The van der Waals surface area contributed by atoms with Gasteiger partial charge in [0.2, 0.25) is 0 Å². The molecular formula is C5H10CaO2. The van der Waals surface area contributed by atoms with Crippen molar-refractivity contribution in [2.24, 2.45) is 0 Å². The van der Waals surface area contributed by atoms with E-state index in [9.17, 15) is 4.79 Å². The van der Waals surface area contributed by atoms with Gasteiger partial charge in [0.25, 0.3) is 5.97 Å². The van der Waals surface area contributed by atoms with E-state index in [2.05, 4.69) is 0 Å². The minimum atomic E-state index is -0.766. The first kappa shape index (κ1) is 15.9. The number of aliphatic carboxylic acids is 1. The molecule has 8 heavy (non-hydrogen) atoms. The average molecular weight is 142 g/mol. The van der Waals surface area contributed by atoms with E-state index in [1.807, 2.05) is 0 Å². The van der Waals surface area contributed by atoms with Crippen LogP contribution in [0.3, 0.4) is 0 Å². The van der Waals surface area contributed by atoms with Crippen molar-refractivity contribution < 1.29 is 9.90 Å². The number of carboxylic acids is 1. The summed E-state index contributed by atoms with van der Waals surface area (Å²) in [6.45, 7) is 1.72. The van der Waals surface area contributed by atoms with Crippen molar-refractivity contribution in [3.63, 3.8) is 0 Å². The predicted octanol–water partition coefficient (Wildman–Crippen LogP) is 0.755. The molecule has 0 heterocycles. The number of rotatable bonds is 2. The standard InChI is InChI=1S/C4H7O2.CH3.Ca/c1-2-3-4(5)6;;/h2H,3H2,1H3,(H,5,6);1H3;/q2*-1;+2. The maximum atomic E-state index is 9.57. The second-order valence-corrected chi connectivity index (χ2v) is 1.01. The van der Waals surface area contributed by atoms with Crippen molar-refractivity contribution in [1.82, 2.24) is 0 Å². The largest absolute Gasteiger partial charge is 2.00 e. The Morgan fingerprint density at radius 2 is 2.12 bits per heavy atom. The summed E-state index contributed by atoms with van der Waals surface area (Å²) in [6.07, 6.45) is 1.77. The van der Waals surface area contributed by atoms with E-state index in [1.165, 1.54) is 0 Å². The van der Waals surface area contributed by atoms with Gasteiger partial charge in [-0.1, -0.05) is 6.42 Å². The molecule has 0 spiro atoms. The molecule has 0 saturated carbocycles. The van der Waals surface area contributed by atoms with Crippen LogP contribution in [0.1, 0.15) is 13.3 Å². The van der Waals surface area contributed by atoms with Crippen molar-refractivity contribution in [3.05, 3.63) is 13.8 Å². The van der Waals surface area contributed by atoms with Crippen LogP contribution in [0, 0.1) is 13.8 Å². The van der Waals surface area contributed by atoms with Gasteiger partial charge in [-0.3, -0.25) is 4.79 Å². The van der Waals surface area contributed by atoms with Gasteiger partial charge in [0.1, 0.15) is 0 Å². The molecule has 0 rings (SSSR count). The van der Waals surface area contributed by atoms with Gasteiger partial charge in [0.05, 0.1) is 0 Å². The summed E-state index contributed by atoms with van der Waals surface area (Å²) >= 11 is 0. The maximum absolute atomic E-state index is 9.57. The number of carboxylic acid groups (broad SMARTS) is 1. The van der Waals surface area contributed by atoms with Gasteiger partial charge < -0.3 is 19.0 Å². The van der Waals surface area contributed by atoms with Gasteiger partial charge in [0.15, 0.2) is 0 Å². The Bertz CT molecular complexity index is 54.4. The van der Waals surface area contributed by atoms with Crippen LogP contribution in [0.2, 0.25) is 0 Å². The summed E-state index contributed by atoms with van der Waals surface area (Å²) in [7, 11) is 0. The number of hydrogen-bond acceptors (Lipinski definition) is 1. The molecular weight excluding hydrogens is 132 g/mol. The van der Waals surface area contributed by atoms with Gasteiger partial charge >= 0.3 is 37.7 Å². The normalized spacial score (nSPS) is 6.12. The van der Waals surface area contributed by atoms with Crippen LogP contribution in [0.5, 0.6) is 0 Å². The van der Waals surface area contributed by atoms with Gasteiger partial charge in [-0.25, -0.2) is 0 Å². The van der Waals surface area contributed by atoms with E-state index in [0.717, 1.165) is 0 Å². The number of carbonyl (C=O) groups is 1. The van der Waals surface area contributed by atoms with Gasteiger partial charge in [-0.05, 0) is 0 Å². The average Bonchev–Trinajstić information content (AvgIpc) is 1.35. The van der Waals surface area contributed by atoms with Gasteiger partial charge in [-0.15, -0.1) is 0 Å². The molecule has 3 heteroatoms. The molecule has 0 aliphatic heterocycles. The fourth-order valence-electron chi connectivity index (χ4n) is 0.175. The molecule has 0 aliphatic carbocycles. The third kappa shape index (κ3) is 15.9. The van der Waals surface area contributed by atoms with E-state index >= 15 is 0 Å². The molecule has 0 fully saturated rings. The molecule has 0 unspecified atom stereocenters. The molecule has 0 radical (unpaired) electrons. The second-order valence-electron chi connectivity index (χ2n) is 1.01. The predicted molar refractivity (Wildman–Crippen MR) is 34.4 cm³/mol. The molecule has 0 aromatic carbocycles. The maximum Gasteiger partial charge on any atom is 2.00 e. The molecule has 0 bridgehead atoms. The van der Waals surface area contributed by atoms with Crippen LogP contribution in [-0.2, 0) is 4.79 Å². The third-order valence-corrected chi connectivity index (χ3v) is 0.379. The van der Waals surface area contributed by atoms with Crippen LogP contribution in [0.15, 0.2) is 0 Å². The summed E-state index contributed by atoms with van der Waals surface area (Å²) in [5, 5.41) is 7.88. The van der Waals surface area contributed by atoms with Crippen LogP contribution in [0.25, 0.3) is 0 Å². The molecule has 1 N–H and O–H groups in total. The molecule has 44 valence electrons. The van der Waals surface area contributed by atoms with Crippen molar-refractivity contribution in [2.45, 2.75) is 13.3 Å². The zero-order valence-electron chi connectivity index (χ0n) is 5.35. The molecule has 2 nitrogen and oxygen atoms in total. The van der Waals surface area contributed by atoms with E-state index in [1.54, 1.807) is 13.3 Å². The molecule has 0 aliphatic rings. The Morgan fingerprint density at radius 1 is 1.75 bits per heavy atom. The van der Waals surface area contributed by atoms with E-state index in [4.69, 9.17) is 5.11 Å². The summed E-state index contributed by atoms with van der Waals surface area (Å²) < 4.78 is 0. The zero-order valence-corrected chi connectivity index (χ0v) is 7.56. The summed E-state index contributed by atoms with van der Waals surface area (Å²) in [5.41, 5.74) is 0. The Balaban J connectivity index is -0.000000125. The summed E-state index contributed by atoms with van der Waals surface area (Å²) in [6, 6.07) is 0. The van der Waals surface area contributed by atoms with Gasteiger partial charge in [0, 0.05) is 0 Å². The summed E-state index contributed by atoms with van der Waals surface area (Å²) in [5.74, 6) is -0.766. The molecule has 0 amide bonds. The van der Waals surface area contributed by atoms with Crippen molar-refractivity contribution in [2.75, 3.05) is 0 Å². The second kappa shape index (κ2) is 10.7. The molecule has 0 aromatic rings. The van der Waals surface area contributed by atoms with Crippen molar-refractivity contribution >= 4 is 43.7 Å². The Hall–Kier alpha value is 0.730. The van der Waals surface area contributed by atoms with Crippen LogP contribution in [-0.4, -0.2) is 48.8 Å². The molecule has 0 aromatic heterocycles. The van der Waals surface area contributed by atoms with E-state index in [-0.39, 0.29) is 51.6 Å². The summed E-state index contributed by atoms with van der Waals surface area (Å²) in [4.78, 5) is 9.57. The van der Waals surface area contributed by atoms with Crippen LogP contribution >= 0.6 is 0 Å². The Kier molecular flexibility index (Phi) is 21.2. The van der Waals surface area contributed by atoms with Crippen LogP contribution in [0.4, 0.5) is 0 Å². The molecule has 0 atom stereocenters. The fraction of sp³-hybridized carbons (Fsp3) is 0.400. The minimum absolute atomic E-state index is 0. The SMILES string of the molecule is C[CH-]CC(=O)O.[CH3-].[Ca+2]. The van der Waals surface area contributed by atoms with E-state index < -0.39 is 5.97 Å². The van der Waals surface area contributed by atoms with Crippen LogP contribution < -0.4 is 0 Å². The zero-order chi connectivity index (χ0) is 4.99. The van der Waals surface area contributed by atoms with Gasteiger partial charge in [-0.2, -0.15) is 6.92 Å². The van der Waals surface area contributed by atoms with Crippen molar-refractivity contribution in [1.29, 1.82) is 0 Å². The smallest absolute Gasteiger partial charge is 0.483 e. The van der Waals surface area contributed by atoms with Crippen molar-refractivity contribution in [3.8, 4) is 0 Å². The van der Waals surface area contributed by atoms with E-state index in [0.29, 0.717) is 0 Å². The fourth-order valence-corrected chi connectivity index (χ4v) is 0.175. The monoisotopic (exact) mass is 142 g/mol. The first-order valence-corrected chi connectivity index (χ1v) is 1.77. The molecule has 0 saturated heterocycles. The number of hydrogen-bond donors (Lipinski definition) is 1. The quantitative estimate of drug-likeness (QED) is 0.456. The Labute approximate surface area is 80.3 Å². The first-order chi connectivity index (χ1) is 2.77. The first-order valence-electron chi connectivity index (χ1n) is 1.77. The topological polar surface area (TPSA) is 37.3 Å². The Morgan fingerprint density at radius 3 is 2.12 bits per heavy atom. The third-order valence-electron chi connectivity index (χ3n) is 0.379.